The number of nitrogens with zero attached hydrogens (tertiary/aromatic N) is 2. The summed E-state index contributed by atoms with van der Waals surface area (Å²) >= 11 is 0. The van der Waals surface area contributed by atoms with E-state index >= 15 is 0 Å². The van der Waals surface area contributed by atoms with Gasteiger partial charge in [0.25, 0.3) is 5.91 Å². The van der Waals surface area contributed by atoms with E-state index in [9.17, 15) is 9.59 Å². The number of amides is 2. The van der Waals surface area contributed by atoms with Crippen LogP contribution in [0.1, 0.15) is 35.2 Å². The number of likely N-dealkylation sites (tertiary alicyclic amines) is 2. The molecule has 28 heavy (non-hydrogen) atoms. The Labute approximate surface area is 165 Å². The fraction of sp³-hybridized carbons (Fsp3) is 0.391. The predicted molar refractivity (Wildman–Crippen MR) is 107 cm³/mol. The fourth-order valence-electron chi connectivity index (χ4n) is 4.13. The number of aryl methyl sites for hydroxylation is 1. The van der Waals surface area contributed by atoms with Crippen LogP contribution in [0.5, 0.6) is 5.75 Å². The normalized spacial score (nSPS) is 21.8. The molecule has 0 aromatic heterocycles. The first kappa shape index (κ1) is 18.5. The zero-order chi connectivity index (χ0) is 19.5. The summed E-state index contributed by atoms with van der Waals surface area (Å²) in [6.45, 7) is 3.96. The fourth-order valence-corrected chi connectivity index (χ4v) is 4.13. The number of hydrogen-bond donors (Lipinski definition) is 0. The quantitative estimate of drug-likeness (QED) is 0.820. The van der Waals surface area contributed by atoms with Gasteiger partial charge in [-0.1, -0.05) is 35.9 Å². The first-order valence-corrected chi connectivity index (χ1v) is 10.00. The van der Waals surface area contributed by atoms with Gasteiger partial charge in [0, 0.05) is 25.1 Å². The summed E-state index contributed by atoms with van der Waals surface area (Å²) in [7, 11) is 0. The molecule has 2 aliphatic rings. The number of carbonyl (C=O) groups excluding carboxylic acids is 2. The summed E-state index contributed by atoms with van der Waals surface area (Å²) in [6.07, 6.45) is 2.41. The Morgan fingerprint density at radius 3 is 2.46 bits per heavy atom. The van der Waals surface area contributed by atoms with Gasteiger partial charge in [0.2, 0.25) is 5.91 Å². The molecule has 0 bridgehead atoms. The molecule has 146 valence electrons. The Kier molecular flexibility index (Phi) is 5.33. The van der Waals surface area contributed by atoms with Crippen LogP contribution in [-0.2, 0) is 4.79 Å². The lowest BCUT2D eigenvalue weighted by Crippen LogP contribution is -2.47. The molecule has 2 aromatic rings. The van der Waals surface area contributed by atoms with Crippen molar-refractivity contribution in [2.45, 2.75) is 38.3 Å². The average molecular weight is 378 g/mol. The maximum atomic E-state index is 13.2. The lowest BCUT2D eigenvalue weighted by Gasteiger charge is -2.27. The van der Waals surface area contributed by atoms with Crippen molar-refractivity contribution in [1.29, 1.82) is 0 Å². The number of rotatable bonds is 4. The van der Waals surface area contributed by atoms with Gasteiger partial charge in [0.15, 0.2) is 0 Å². The van der Waals surface area contributed by atoms with Gasteiger partial charge in [0.05, 0.1) is 6.54 Å². The number of ether oxygens (including phenoxy) is 1. The first-order chi connectivity index (χ1) is 13.6. The molecule has 2 aromatic carbocycles. The molecule has 0 saturated carbocycles. The van der Waals surface area contributed by atoms with Crippen molar-refractivity contribution in [1.82, 2.24) is 9.80 Å². The number of carbonyl (C=O) groups is 2. The Bertz CT molecular complexity index is 846. The second kappa shape index (κ2) is 8.05. The summed E-state index contributed by atoms with van der Waals surface area (Å²) in [5, 5.41) is 0. The SMILES string of the molecule is Cc1cccc(C(=O)N2C[C@@H](Oc3ccccc3)C[C@H]2C(=O)N2CCCC2)c1. The van der Waals surface area contributed by atoms with Crippen LogP contribution in [-0.4, -0.2) is 53.4 Å². The van der Waals surface area contributed by atoms with E-state index < -0.39 is 6.04 Å². The summed E-state index contributed by atoms with van der Waals surface area (Å²) in [5.41, 5.74) is 1.66. The molecule has 0 N–H and O–H groups in total. The number of hydrogen-bond acceptors (Lipinski definition) is 3. The van der Waals surface area contributed by atoms with Crippen molar-refractivity contribution in [3.05, 3.63) is 65.7 Å². The predicted octanol–water partition coefficient (Wildman–Crippen LogP) is 3.28. The topological polar surface area (TPSA) is 49.9 Å². The zero-order valence-electron chi connectivity index (χ0n) is 16.2. The average Bonchev–Trinajstić information content (AvgIpc) is 3.38. The van der Waals surface area contributed by atoms with Crippen molar-refractivity contribution < 1.29 is 14.3 Å². The molecule has 0 radical (unpaired) electrons. The van der Waals surface area contributed by atoms with Gasteiger partial charge < -0.3 is 14.5 Å². The molecule has 2 heterocycles. The second-order valence-electron chi connectivity index (χ2n) is 7.66. The minimum absolute atomic E-state index is 0.0534. The molecule has 2 amide bonds. The molecule has 0 spiro atoms. The Morgan fingerprint density at radius 1 is 1.00 bits per heavy atom. The third-order valence-corrected chi connectivity index (χ3v) is 5.54. The van der Waals surface area contributed by atoms with Crippen molar-refractivity contribution >= 4 is 11.8 Å². The standard InChI is InChI=1S/C23H26N2O3/c1-17-8-7-9-18(14-17)22(26)25-16-20(28-19-10-3-2-4-11-19)15-21(25)23(27)24-12-5-6-13-24/h2-4,7-11,14,20-21H,5-6,12-13,15-16H2,1H3/t20-,21-/m0/s1. The van der Waals surface area contributed by atoms with E-state index in [1.165, 1.54) is 0 Å². The number of para-hydroxylation sites is 1. The van der Waals surface area contributed by atoms with Crippen LogP contribution in [0, 0.1) is 6.92 Å². The van der Waals surface area contributed by atoms with Crippen LogP contribution in [0.3, 0.4) is 0 Å². The molecular formula is C23H26N2O3. The highest BCUT2D eigenvalue weighted by atomic mass is 16.5. The molecule has 0 aliphatic carbocycles. The third kappa shape index (κ3) is 3.88. The summed E-state index contributed by atoms with van der Waals surface area (Å²) in [5.74, 6) is 0.725. The molecule has 2 aliphatic heterocycles. The minimum atomic E-state index is -0.458. The Hall–Kier alpha value is -2.82. The van der Waals surface area contributed by atoms with Gasteiger partial charge in [-0.3, -0.25) is 9.59 Å². The van der Waals surface area contributed by atoms with Crippen molar-refractivity contribution in [2.24, 2.45) is 0 Å². The molecule has 5 nitrogen and oxygen atoms in total. The Morgan fingerprint density at radius 2 is 1.75 bits per heavy atom. The van der Waals surface area contributed by atoms with E-state index in [0.717, 1.165) is 37.2 Å². The monoisotopic (exact) mass is 378 g/mol. The van der Waals surface area contributed by atoms with E-state index in [2.05, 4.69) is 0 Å². The van der Waals surface area contributed by atoms with Gasteiger partial charge in [-0.15, -0.1) is 0 Å². The Balaban J connectivity index is 1.56. The molecular weight excluding hydrogens is 352 g/mol. The van der Waals surface area contributed by atoms with Crippen LogP contribution < -0.4 is 4.74 Å². The van der Waals surface area contributed by atoms with E-state index in [-0.39, 0.29) is 17.9 Å². The first-order valence-electron chi connectivity index (χ1n) is 10.00. The van der Waals surface area contributed by atoms with Crippen LogP contribution in [0.25, 0.3) is 0 Å². The van der Waals surface area contributed by atoms with Crippen molar-refractivity contribution in [3.63, 3.8) is 0 Å². The van der Waals surface area contributed by atoms with Gasteiger partial charge in [-0.2, -0.15) is 0 Å². The van der Waals surface area contributed by atoms with E-state index in [4.69, 9.17) is 4.74 Å². The highest BCUT2D eigenvalue weighted by Crippen LogP contribution is 2.27. The van der Waals surface area contributed by atoms with Gasteiger partial charge in [-0.05, 0) is 44.0 Å². The second-order valence-corrected chi connectivity index (χ2v) is 7.66. The highest BCUT2D eigenvalue weighted by molar-refractivity contribution is 5.98. The van der Waals surface area contributed by atoms with E-state index in [1.807, 2.05) is 66.4 Å². The molecule has 4 rings (SSSR count). The maximum absolute atomic E-state index is 13.2. The van der Waals surface area contributed by atoms with Gasteiger partial charge >= 0.3 is 0 Å². The van der Waals surface area contributed by atoms with Gasteiger partial charge in [-0.25, -0.2) is 0 Å². The molecule has 5 heteroatoms. The molecule has 0 unspecified atom stereocenters. The van der Waals surface area contributed by atoms with Crippen LogP contribution in [0.15, 0.2) is 54.6 Å². The van der Waals surface area contributed by atoms with E-state index in [0.29, 0.717) is 18.5 Å². The van der Waals surface area contributed by atoms with Crippen molar-refractivity contribution in [3.8, 4) is 5.75 Å². The molecule has 2 atom stereocenters. The van der Waals surface area contributed by atoms with Crippen LogP contribution >= 0.6 is 0 Å². The lowest BCUT2D eigenvalue weighted by atomic mass is 10.1. The van der Waals surface area contributed by atoms with Gasteiger partial charge in [0.1, 0.15) is 17.9 Å². The highest BCUT2D eigenvalue weighted by Gasteiger charge is 2.43. The van der Waals surface area contributed by atoms with Crippen molar-refractivity contribution in [2.75, 3.05) is 19.6 Å². The minimum Gasteiger partial charge on any atom is -0.488 e. The summed E-state index contributed by atoms with van der Waals surface area (Å²) < 4.78 is 6.09. The lowest BCUT2D eigenvalue weighted by molar-refractivity contribution is -0.134. The summed E-state index contributed by atoms with van der Waals surface area (Å²) in [4.78, 5) is 30.0. The largest absolute Gasteiger partial charge is 0.488 e. The zero-order valence-corrected chi connectivity index (χ0v) is 16.2. The molecule has 2 fully saturated rings. The van der Waals surface area contributed by atoms with Crippen LogP contribution in [0.2, 0.25) is 0 Å². The van der Waals surface area contributed by atoms with Crippen LogP contribution in [0.4, 0.5) is 0 Å². The van der Waals surface area contributed by atoms with E-state index in [1.54, 1.807) is 4.90 Å². The number of benzene rings is 2. The summed E-state index contributed by atoms with van der Waals surface area (Å²) in [6, 6.07) is 16.7. The third-order valence-electron chi connectivity index (χ3n) is 5.54. The maximum Gasteiger partial charge on any atom is 0.254 e. The smallest absolute Gasteiger partial charge is 0.254 e. The molecule has 2 saturated heterocycles.